The average molecular weight is 417 g/mol. The van der Waals surface area contributed by atoms with Gasteiger partial charge in [-0.2, -0.15) is 0 Å². The number of nitrogens with one attached hydrogen (secondary N) is 3. The first-order valence-corrected chi connectivity index (χ1v) is 10.7. The number of furan rings is 1. The molecule has 1 saturated carbocycles. The van der Waals surface area contributed by atoms with Crippen LogP contribution in [0.5, 0.6) is 0 Å². The van der Waals surface area contributed by atoms with Crippen molar-refractivity contribution in [1.82, 2.24) is 15.5 Å². The van der Waals surface area contributed by atoms with Gasteiger partial charge in [0, 0.05) is 31.0 Å². The number of benzene rings is 1. The highest BCUT2D eigenvalue weighted by Gasteiger charge is 2.42. The first kappa shape index (κ1) is 20.1. The topological polar surface area (TPSA) is 69.5 Å². The molecule has 3 N–H and O–H groups in total. The zero-order valence-corrected chi connectivity index (χ0v) is 17.9. The highest BCUT2D eigenvalue weighted by molar-refractivity contribution is 6.34. The molecular formula is C22H29ClN4O2. The number of anilines is 1. The zero-order valence-electron chi connectivity index (χ0n) is 17.2. The molecular weight excluding hydrogens is 388 g/mol. The zero-order chi connectivity index (χ0) is 20.6. The second-order valence-electron chi connectivity index (χ2n) is 8.27. The lowest BCUT2D eigenvalue weighted by atomic mass is 9.74. The molecule has 0 unspecified atom stereocenters. The highest BCUT2D eigenvalue weighted by Crippen LogP contribution is 2.49. The van der Waals surface area contributed by atoms with E-state index < -0.39 is 0 Å². The molecule has 1 aliphatic carbocycles. The molecule has 2 aliphatic rings. The molecule has 2 aromatic rings. The van der Waals surface area contributed by atoms with Crippen molar-refractivity contribution in [2.75, 3.05) is 26.0 Å². The van der Waals surface area contributed by atoms with E-state index in [1.54, 1.807) is 7.05 Å². The Balaban J connectivity index is 1.69. The van der Waals surface area contributed by atoms with Gasteiger partial charge in [-0.25, -0.2) is 0 Å². The van der Waals surface area contributed by atoms with Crippen LogP contribution in [0.2, 0.25) is 5.02 Å². The second-order valence-corrected chi connectivity index (χ2v) is 8.68. The Labute approximate surface area is 176 Å². The van der Waals surface area contributed by atoms with Gasteiger partial charge >= 0.3 is 0 Å². The van der Waals surface area contributed by atoms with Crippen LogP contribution in [-0.4, -0.2) is 31.4 Å². The van der Waals surface area contributed by atoms with Gasteiger partial charge in [0.2, 0.25) is 5.91 Å². The minimum absolute atomic E-state index is 0.0407. The van der Waals surface area contributed by atoms with Gasteiger partial charge in [0.25, 0.3) is 0 Å². The molecule has 1 spiro atoms. The quantitative estimate of drug-likeness (QED) is 0.678. The summed E-state index contributed by atoms with van der Waals surface area (Å²) in [7, 11) is 3.65. The molecule has 7 heteroatoms. The SMILES string of the molecule is C=C1Nc2c(Cl)cc3cc(CN(C)CCC(=O)NC)oc3c2C2(CCCCC2)N1. The number of nitrogens with zero attached hydrogens (tertiary/aromatic N) is 1. The number of amides is 1. The van der Waals surface area contributed by atoms with E-state index in [9.17, 15) is 4.79 Å². The maximum atomic E-state index is 11.5. The van der Waals surface area contributed by atoms with Gasteiger partial charge in [-0.3, -0.25) is 9.69 Å². The van der Waals surface area contributed by atoms with Crippen molar-refractivity contribution >= 4 is 34.2 Å². The van der Waals surface area contributed by atoms with Crippen molar-refractivity contribution < 1.29 is 9.21 Å². The van der Waals surface area contributed by atoms with Gasteiger partial charge in [0.15, 0.2) is 0 Å². The summed E-state index contributed by atoms with van der Waals surface area (Å²) in [5.41, 5.74) is 2.76. The Morgan fingerprint density at radius 3 is 2.83 bits per heavy atom. The van der Waals surface area contributed by atoms with E-state index in [1.165, 1.54) is 19.3 Å². The third-order valence-electron chi connectivity index (χ3n) is 6.09. The number of fused-ring (bicyclic) bond motifs is 4. The molecule has 1 fully saturated rings. The van der Waals surface area contributed by atoms with Gasteiger partial charge < -0.3 is 20.4 Å². The molecule has 0 bridgehead atoms. The van der Waals surface area contributed by atoms with Crippen LogP contribution in [-0.2, 0) is 16.9 Å². The Hall–Kier alpha value is -2.18. The summed E-state index contributed by atoms with van der Waals surface area (Å²) >= 11 is 6.68. The normalized spacial score (nSPS) is 17.9. The average Bonchev–Trinajstić information content (AvgIpc) is 3.08. The summed E-state index contributed by atoms with van der Waals surface area (Å²) in [4.78, 5) is 13.6. The fourth-order valence-corrected chi connectivity index (χ4v) is 4.94. The largest absolute Gasteiger partial charge is 0.459 e. The Morgan fingerprint density at radius 2 is 2.10 bits per heavy atom. The van der Waals surface area contributed by atoms with Crippen molar-refractivity contribution in [3.8, 4) is 0 Å². The van der Waals surface area contributed by atoms with Crippen molar-refractivity contribution in [2.45, 2.75) is 50.6 Å². The molecule has 0 atom stereocenters. The summed E-state index contributed by atoms with van der Waals surface area (Å²) in [6, 6.07) is 4.03. The van der Waals surface area contributed by atoms with E-state index >= 15 is 0 Å². The predicted molar refractivity (Wildman–Crippen MR) is 117 cm³/mol. The Kier molecular flexibility index (Phi) is 5.49. The molecule has 4 rings (SSSR count). The smallest absolute Gasteiger partial charge is 0.221 e. The number of rotatable bonds is 5. The molecule has 1 aliphatic heterocycles. The van der Waals surface area contributed by atoms with Crippen molar-refractivity contribution in [3.63, 3.8) is 0 Å². The second kappa shape index (κ2) is 7.92. The summed E-state index contributed by atoms with van der Waals surface area (Å²) in [6.45, 7) is 5.43. The molecule has 1 aromatic heterocycles. The van der Waals surface area contributed by atoms with Crippen molar-refractivity contribution in [3.05, 3.63) is 40.9 Å². The van der Waals surface area contributed by atoms with Crippen LogP contribution in [0.15, 0.2) is 28.9 Å². The number of hydrogen-bond acceptors (Lipinski definition) is 5. The summed E-state index contributed by atoms with van der Waals surface area (Å²) in [5, 5.41) is 11.3. The van der Waals surface area contributed by atoms with Gasteiger partial charge in [-0.15, -0.1) is 0 Å². The fraction of sp³-hybridized carbons (Fsp3) is 0.500. The fourth-order valence-electron chi connectivity index (χ4n) is 4.69. The third kappa shape index (κ3) is 3.83. The molecule has 1 amide bonds. The molecule has 6 nitrogen and oxygen atoms in total. The monoisotopic (exact) mass is 416 g/mol. The number of hydrogen-bond donors (Lipinski definition) is 3. The predicted octanol–water partition coefficient (Wildman–Crippen LogP) is 4.30. The van der Waals surface area contributed by atoms with Crippen molar-refractivity contribution in [1.29, 1.82) is 0 Å². The van der Waals surface area contributed by atoms with Gasteiger partial charge in [0.1, 0.15) is 11.3 Å². The first-order valence-electron chi connectivity index (χ1n) is 10.3. The first-order chi connectivity index (χ1) is 13.9. The van der Waals surface area contributed by atoms with Crippen LogP contribution in [0.1, 0.15) is 49.8 Å². The maximum absolute atomic E-state index is 11.5. The third-order valence-corrected chi connectivity index (χ3v) is 6.38. The van der Waals surface area contributed by atoms with Crippen molar-refractivity contribution in [2.24, 2.45) is 0 Å². The molecule has 1 aromatic carbocycles. The minimum atomic E-state index is -0.181. The van der Waals surface area contributed by atoms with E-state index in [0.717, 1.165) is 46.6 Å². The molecule has 2 heterocycles. The summed E-state index contributed by atoms with van der Waals surface area (Å²) < 4.78 is 6.38. The van der Waals surface area contributed by atoms with Crippen LogP contribution in [0, 0.1) is 0 Å². The van der Waals surface area contributed by atoms with Gasteiger partial charge in [0.05, 0.1) is 28.6 Å². The number of carbonyl (C=O) groups excluding carboxylic acids is 1. The van der Waals surface area contributed by atoms with Crippen LogP contribution >= 0.6 is 11.6 Å². The number of halogens is 1. The molecule has 29 heavy (non-hydrogen) atoms. The van der Waals surface area contributed by atoms with E-state index in [-0.39, 0.29) is 11.4 Å². The summed E-state index contributed by atoms with van der Waals surface area (Å²) in [6.07, 6.45) is 6.14. The lowest BCUT2D eigenvalue weighted by Crippen LogP contribution is -2.48. The lowest BCUT2D eigenvalue weighted by molar-refractivity contribution is -0.120. The van der Waals surface area contributed by atoms with E-state index in [2.05, 4.69) is 33.5 Å². The van der Waals surface area contributed by atoms with E-state index in [4.69, 9.17) is 16.0 Å². The number of carbonyl (C=O) groups is 1. The molecule has 0 saturated heterocycles. The van der Waals surface area contributed by atoms with E-state index in [0.29, 0.717) is 24.5 Å². The lowest BCUT2D eigenvalue weighted by Gasteiger charge is -2.44. The highest BCUT2D eigenvalue weighted by atomic mass is 35.5. The maximum Gasteiger partial charge on any atom is 0.221 e. The molecule has 156 valence electrons. The van der Waals surface area contributed by atoms with E-state index in [1.807, 2.05) is 13.1 Å². The van der Waals surface area contributed by atoms with Gasteiger partial charge in [-0.1, -0.05) is 37.4 Å². The standard InChI is InChI=1S/C22H29ClN4O2/c1-14-25-20-17(23)12-15-11-16(13-27(3)10-7-18(28)24-2)29-21(15)19(20)22(26-14)8-5-4-6-9-22/h11-12,25-26H,1,4-10,13H2,2-3H3,(H,24,28). The Bertz CT molecular complexity index is 946. The van der Waals surface area contributed by atoms with Crippen LogP contribution in [0.4, 0.5) is 5.69 Å². The molecule has 0 radical (unpaired) electrons. The van der Waals surface area contributed by atoms with Crippen LogP contribution in [0.3, 0.4) is 0 Å². The van der Waals surface area contributed by atoms with Gasteiger partial charge in [-0.05, 0) is 32.0 Å². The van der Waals surface area contributed by atoms with Crippen LogP contribution in [0.25, 0.3) is 11.0 Å². The summed E-state index contributed by atoms with van der Waals surface area (Å²) in [5.74, 6) is 1.71. The Morgan fingerprint density at radius 1 is 1.34 bits per heavy atom. The minimum Gasteiger partial charge on any atom is -0.459 e. The van der Waals surface area contributed by atoms with Crippen LogP contribution < -0.4 is 16.0 Å².